The third kappa shape index (κ3) is 1.88. The maximum Gasteiger partial charge on any atom is 0.0458 e. The Morgan fingerprint density at radius 3 is 1.82 bits per heavy atom. The van der Waals surface area contributed by atoms with Crippen molar-refractivity contribution in [2.45, 2.75) is 13.8 Å². The molecule has 0 aliphatic carbocycles. The van der Waals surface area contributed by atoms with Crippen LogP contribution >= 0.6 is 23.2 Å². The van der Waals surface area contributed by atoms with Gasteiger partial charge < -0.3 is 0 Å². The van der Waals surface area contributed by atoms with Gasteiger partial charge in [-0.1, -0.05) is 43.1 Å². The first-order valence-electron chi connectivity index (χ1n) is 3.37. The molecule has 0 bridgehead atoms. The first-order valence-corrected chi connectivity index (χ1v) is 4.13. The predicted octanol–water partition coefficient (Wildman–Crippen LogP) is 3.96. The third-order valence-electron chi connectivity index (χ3n) is 1.46. The molecule has 0 amide bonds. The number of benzene rings is 1. The molecule has 0 unspecified atom stereocenters. The van der Waals surface area contributed by atoms with Gasteiger partial charge in [0.1, 0.15) is 0 Å². The Morgan fingerprint density at radius 1 is 1.09 bits per heavy atom. The van der Waals surface area contributed by atoms with Crippen LogP contribution in [0.1, 0.15) is 19.4 Å². The highest BCUT2D eigenvalue weighted by molar-refractivity contribution is 6.36. The average molecular weight is 188 g/mol. The van der Waals surface area contributed by atoms with Crippen LogP contribution in [0.5, 0.6) is 0 Å². The molecule has 1 aromatic carbocycles. The SMILES string of the molecule is C[C](C)c1c(Cl)cccc1Cl. The molecule has 2 heteroatoms. The summed E-state index contributed by atoms with van der Waals surface area (Å²) in [5, 5.41) is 1.44. The molecular formula is C9H9Cl2. The lowest BCUT2D eigenvalue weighted by atomic mass is 10.0. The summed E-state index contributed by atoms with van der Waals surface area (Å²) in [7, 11) is 0. The van der Waals surface area contributed by atoms with Gasteiger partial charge in [-0.05, 0) is 17.7 Å². The van der Waals surface area contributed by atoms with E-state index < -0.39 is 0 Å². The molecule has 1 rings (SSSR count). The average Bonchev–Trinajstić information content (AvgIpc) is 1.85. The Labute approximate surface area is 77.1 Å². The molecule has 1 aromatic rings. The highest BCUT2D eigenvalue weighted by atomic mass is 35.5. The second kappa shape index (κ2) is 3.46. The van der Waals surface area contributed by atoms with Crippen molar-refractivity contribution in [3.05, 3.63) is 39.7 Å². The summed E-state index contributed by atoms with van der Waals surface area (Å²) in [4.78, 5) is 0. The van der Waals surface area contributed by atoms with Crippen molar-refractivity contribution in [3.63, 3.8) is 0 Å². The van der Waals surface area contributed by atoms with Gasteiger partial charge in [0, 0.05) is 16.0 Å². The Balaban J connectivity index is 3.21. The Bertz CT molecular complexity index is 233. The van der Waals surface area contributed by atoms with E-state index in [2.05, 4.69) is 0 Å². The predicted molar refractivity (Wildman–Crippen MR) is 50.2 cm³/mol. The first kappa shape index (κ1) is 8.89. The second-order valence-electron chi connectivity index (χ2n) is 2.60. The summed E-state index contributed by atoms with van der Waals surface area (Å²) >= 11 is 11.8. The van der Waals surface area contributed by atoms with Gasteiger partial charge in [-0.25, -0.2) is 0 Å². The summed E-state index contributed by atoms with van der Waals surface area (Å²) < 4.78 is 0. The molecular weight excluding hydrogens is 179 g/mol. The molecule has 0 nitrogen and oxygen atoms in total. The smallest absolute Gasteiger partial charge is 0.0458 e. The van der Waals surface area contributed by atoms with Crippen LogP contribution in [0.2, 0.25) is 10.0 Å². The summed E-state index contributed by atoms with van der Waals surface area (Å²) in [6.07, 6.45) is 0. The standard InChI is InChI=1S/C9H9Cl2/c1-6(2)9-7(10)4-3-5-8(9)11/h3-5H,1-2H3. The Morgan fingerprint density at radius 2 is 1.55 bits per heavy atom. The minimum absolute atomic E-state index is 0.720. The second-order valence-corrected chi connectivity index (χ2v) is 3.41. The van der Waals surface area contributed by atoms with Crippen molar-refractivity contribution in [1.82, 2.24) is 0 Å². The fourth-order valence-electron chi connectivity index (χ4n) is 0.975. The lowest BCUT2D eigenvalue weighted by Crippen LogP contribution is -1.90. The molecule has 0 fully saturated rings. The molecule has 0 saturated heterocycles. The van der Waals surface area contributed by atoms with Crippen LogP contribution in [-0.2, 0) is 0 Å². The van der Waals surface area contributed by atoms with Crippen molar-refractivity contribution in [2.24, 2.45) is 0 Å². The van der Waals surface area contributed by atoms with E-state index in [1.165, 1.54) is 0 Å². The number of halogens is 2. The quantitative estimate of drug-likeness (QED) is 0.625. The first-order chi connectivity index (χ1) is 5.13. The zero-order chi connectivity index (χ0) is 8.43. The van der Waals surface area contributed by atoms with Gasteiger partial charge in [0.05, 0.1) is 0 Å². The molecule has 0 aliphatic heterocycles. The maximum absolute atomic E-state index is 5.92. The van der Waals surface area contributed by atoms with E-state index in [4.69, 9.17) is 23.2 Å². The zero-order valence-corrected chi connectivity index (χ0v) is 8.00. The highest BCUT2D eigenvalue weighted by Gasteiger charge is 2.08. The van der Waals surface area contributed by atoms with Gasteiger partial charge in [0.15, 0.2) is 0 Å². The van der Waals surface area contributed by atoms with E-state index in [0.29, 0.717) is 0 Å². The molecule has 0 aliphatic rings. The van der Waals surface area contributed by atoms with Gasteiger partial charge in [0.25, 0.3) is 0 Å². The van der Waals surface area contributed by atoms with Crippen LogP contribution in [0, 0.1) is 5.92 Å². The van der Waals surface area contributed by atoms with Crippen molar-refractivity contribution in [1.29, 1.82) is 0 Å². The van der Waals surface area contributed by atoms with Crippen LogP contribution in [0.25, 0.3) is 0 Å². The molecule has 11 heavy (non-hydrogen) atoms. The van der Waals surface area contributed by atoms with Crippen LogP contribution < -0.4 is 0 Å². The van der Waals surface area contributed by atoms with Gasteiger partial charge >= 0.3 is 0 Å². The molecule has 59 valence electrons. The number of hydrogen-bond acceptors (Lipinski definition) is 0. The van der Waals surface area contributed by atoms with Crippen LogP contribution in [0.4, 0.5) is 0 Å². The molecule has 0 N–H and O–H groups in total. The summed E-state index contributed by atoms with van der Waals surface area (Å²) in [6.45, 7) is 3.99. The largest absolute Gasteiger partial charge is 0.0840 e. The van der Waals surface area contributed by atoms with E-state index in [-0.39, 0.29) is 0 Å². The molecule has 0 aromatic heterocycles. The summed E-state index contributed by atoms with van der Waals surface area (Å²) in [5.74, 6) is 1.14. The van der Waals surface area contributed by atoms with E-state index in [1.807, 2.05) is 32.0 Å². The van der Waals surface area contributed by atoms with E-state index in [0.717, 1.165) is 21.5 Å². The maximum atomic E-state index is 5.92. The minimum Gasteiger partial charge on any atom is -0.0840 e. The molecule has 0 atom stereocenters. The van der Waals surface area contributed by atoms with Gasteiger partial charge in [-0.2, -0.15) is 0 Å². The van der Waals surface area contributed by atoms with Crippen molar-refractivity contribution >= 4 is 23.2 Å². The van der Waals surface area contributed by atoms with Gasteiger partial charge in [0.2, 0.25) is 0 Å². The van der Waals surface area contributed by atoms with E-state index >= 15 is 0 Å². The summed E-state index contributed by atoms with van der Waals surface area (Å²) in [5.41, 5.74) is 0.954. The minimum atomic E-state index is 0.720. The van der Waals surface area contributed by atoms with Crippen LogP contribution in [-0.4, -0.2) is 0 Å². The van der Waals surface area contributed by atoms with Gasteiger partial charge in [-0.15, -0.1) is 0 Å². The van der Waals surface area contributed by atoms with Crippen LogP contribution in [0.3, 0.4) is 0 Å². The van der Waals surface area contributed by atoms with E-state index in [1.54, 1.807) is 0 Å². The van der Waals surface area contributed by atoms with E-state index in [9.17, 15) is 0 Å². The monoisotopic (exact) mass is 187 g/mol. The Kier molecular flexibility index (Phi) is 2.80. The van der Waals surface area contributed by atoms with Crippen molar-refractivity contribution in [2.75, 3.05) is 0 Å². The fourth-order valence-corrected chi connectivity index (χ4v) is 1.75. The molecule has 0 spiro atoms. The highest BCUT2D eigenvalue weighted by Crippen LogP contribution is 2.29. The lowest BCUT2D eigenvalue weighted by molar-refractivity contribution is 1.15. The topological polar surface area (TPSA) is 0 Å². The zero-order valence-electron chi connectivity index (χ0n) is 6.49. The van der Waals surface area contributed by atoms with Crippen LogP contribution in [0.15, 0.2) is 18.2 Å². The van der Waals surface area contributed by atoms with Crippen molar-refractivity contribution in [3.8, 4) is 0 Å². The fraction of sp³-hybridized carbons (Fsp3) is 0.222. The molecule has 1 radical (unpaired) electrons. The normalized spacial score (nSPS) is 10.6. The number of hydrogen-bond donors (Lipinski definition) is 0. The molecule has 0 saturated carbocycles. The molecule has 0 heterocycles. The lowest BCUT2D eigenvalue weighted by Gasteiger charge is -2.08. The Hall–Kier alpha value is -0.200. The number of rotatable bonds is 1. The van der Waals surface area contributed by atoms with Gasteiger partial charge in [-0.3, -0.25) is 0 Å². The summed E-state index contributed by atoms with van der Waals surface area (Å²) in [6, 6.07) is 5.53. The third-order valence-corrected chi connectivity index (χ3v) is 2.09. The van der Waals surface area contributed by atoms with Crippen molar-refractivity contribution < 1.29 is 0 Å².